The Morgan fingerprint density at radius 2 is 2.09 bits per heavy atom. The molecule has 0 spiro atoms. The van der Waals surface area contributed by atoms with Gasteiger partial charge in [0.15, 0.2) is 0 Å². The van der Waals surface area contributed by atoms with Gasteiger partial charge in [0.1, 0.15) is 11.9 Å². The number of aldehydes is 1. The lowest BCUT2D eigenvalue weighted by Gasteiger charge is -2.31. The highest BCUT2D eigenvalue weighted by molar-refractivity contribution is 5.75. The molecule has 2 rings (SSSR count). The van der Waals surface area contributed by atoms with Gasteiger partial charge in [-0.1, -0.05) is 24.6 Å². The number of carbonyl (C=O) groups is 2. The van der Waals surface area contributed by atoms with E-state index in [0.717, 1.165) is 32.0 Å². The Kier molecular flexibility index (Phi) is 5.22. The minimum atomic E-state index is -0.476. The van der Waals surface area contributed by atoms with Crippen molar-refractivity contribution in [1.29, 1.82) is 0 Å². The van der Waals surface area contributed by atoms with Crippen LogP contribution in [0.25, 0.3) is 0 Å². The standard InChI is InChI=1S/C18H25NO3/c1-18(2,3)22-17(21)19-16-9-5-8-15(11-16)14-7-4-6-13(10-14)12-20/h4,6-7,10,12,15-16H,5,8-9,11H2,1-3H3,(H,19,21)/t15-,16+/m0/s1. The maximum absolute atomic E-state index is 11.9. The highest BCUT2D eigenvalue weighted by atomic mass is 16.6. The van der Waals surface area contributed by atoms with Crippen LogP contribution in [0.4, 0.5) is 4.79 Å². The van der Waals surface area contributed by atoms with E-state index in [1.54, 1.807) is 0 Å². The second kappa shape index (κ2) is 6.95. The van der Waals surface area contributed by atoms with E-state index in [1.165, 1.54) is 5.56 Å². The van der Waals surface area contributed by atoms with Gasteiger partial charge in [0.2, 0.25) is 0 Å². The first-order valence-corrected chi connectivity index (χ1v) is 7.92. The third-order valence-corrected chi connectivity index (χ3v) is 3.91. The zero-order valence-corrected chi connectivity index (χ0v) is 13.6. The van der Waals surface area contributed by atoms with Gasteiger partial charge in [0.25, 0.3) is 0 Å². The Morgan fingerprint density at radius 3 is 2.77 bits per heavy atom. The van der Waals surface area contributed by atoms with E-state index in [1.807, 2.05) is 39.0 Å². The van der Waals surface area contributed by atoms with Crippen LogP contribution in [0.1, 0.15) is 68.3 Å². The fourth-order valence-corrected chi connectivity index (χ4v) is 2.98. The van der Waals surface area contributed by atoms with E-state index < -0.39 is 5.60 Å². The largest absolute Gasteiger partial charge is 0.444 e. The summed E-state index contributed by atoms with van der Waals surface area (Å²) < 4.78 is 5.32. The predicted octanol–water partition coefficient (Wildman–Crippen LogP) is 4.05. The zero-order valence-electron chi connectivity index (χ0n) is 13.6. The molecule has 120 valence electrons. The summed E-state index contributed by atoms with van der Waals surface area (Å²) in [6.07, 6.45) is 4.55. The topological polar surface area (TPSA) is 55.4 Å². The van der Waals surface area contributed by atoms with Crippen LogP contribution in [0.3, 0.4) is 0 Å². The van der Waals surface area contributed by atoms with E-state index >= 15 is 0 Å². The van der Waals surface area contributed by atoms with Crippen molar-refractivity contribution in [2.24, 2.45) is 0 Å². The van der Waals surface area contributed by atoms with E-state index in [-0.39, 0.29) is 12.1 Å². The molecule has 1 aromatic carbocycles. The minimum absolute atomic E-state index is 0.133. The normalized spacial score (nSPS) is 22.0. The molecule has 0 heterocycles. The number of rotatable bonds is 3. The van der Waals surface area contributed by atoms with Crippen molar-refractivity contribution in [2.75, 3.05) is 0 Å². The van der Waals surface area contributed by atoms with Gasteiger partial charge in [-0.05, 0) is 57.6 Å². The lowest BCUT2D eigenvalue weighted by Crippen LogP contribution is -2.41. The van der Waals surface area contributed by atoms with E-state index in [9.17, 15) is 9.59 Å². The highest BCUT2D eigenvalue weighted by Crippen LogP contribution is 2.33. The molecule has 1 fully saturated rings. The molecule has 1 aliphatic rings. The Labute approximate surface area is 132 Å². The molecule has 22 heavy (non-hydrogen) atoms. The molecule has 4 heteroatoms. The van der Waals surface area contributed by atoms with Crippen LogP contribution in [0.15, 0.2) is 24.3 Å². The number of hydrogen-bond acceptors (Lipinski definition) is 3. The second-order valence-corrected chi connectivity index (χ2v) is 6.99. The molecule has 0 unspecified atom stereocenters. The van der Waals surface area contributed by atoms with E-state index in [2.05, 4.69) is 11.4 Å². The molecule has 0 bridgehead atoms. The number of amides is 1. The molecular weight excluding hydrogens is 278 g/mol. The van der Waals surface area contributed by atoms with Gasteiger partial charge in [-0.25, -0.2) is 4.79 Å². The summed E-state index contributed by atoms with van der Waals surface area (Å²) >= 11 is 0. The van der Waals surface area contributed by atoms with Crippen molar-refractivity contribution in [3.8, 4) is 0 Å². The lowest BCUT2D eigenvalue weighted by molar-refractivity contribution is 0.0490. The fourth-order valence-electron chi connectivity index (χ4n) is 2.98. The van der Waals surface area contributed by atoms with Gasteiger partial charge in [0, 0.05) is 11.6 Å². The minimum Gasteiger partial charge on any atom is -0.444 e. The van der Waals surface area contributed by atoms with Crippen molar-refractivity contribution in [3.63, 3.8) is 0 Å². The van der Waals surface area contributed by atoms with Crippen molar-refractivity contribution in [1.82, 2.24) is 5.32 Å². The predicted molar refractivity (Wildman–Crippen MR) is 86.2 cm³/mol. The van der Waals surface area contributed by atoms with Gasteiger partial charge in [-0.3, -0.25) is 4.79 Å². The van der Waals surface area contributed by atoms with Gasteiger partial charge in [-0.2, -0.15) is 0 Å². The first-order chi connectivity index (χ1) is 10.4. The molecule has 1 N–H and O–H groups in total. The summed E-state index contributed by atoms with van der Waals surface area (Å²) in [6, 6.07) is 7.88. The SMILES string of the molecule is CC(C)(C)OC(=O)N[C@@H]1CCC[C@H](c2cccc(C=O)c2)C1. The number of carbonyl (C=O) groups excluding carboxylic acids is 2. The first kappa shape index (κ1) is 16.5. The Balaban J connectivity index is 1.96. The summed E-state index contributed by atoms with van der Waals surface area (Å²) in [5, 5.41) is 2.97. The summed E-state index contributed by atoms with van der Waals surface area (Å²) in [6.45, 7) is 5.59. The van der Waals surface area contributed by atoms with Crippen molar-refractivity contribution >= 4 is 12.4 Å². The Hall–Kier alpha value is -1.84. The number of benzene rings is 1. The third kappa shape index (κ3) is 4.86. The molecule has 2 atom stereocenters. The third-order valence-electron chi connectivity index (χ3n) is 3.91. The molecule has 1 saturated carbocycles. The molecule has 1 amide bonds. The van der Waals surface area contributed by atoms with Crippen LogP contribution < -0.4 is 5.32 Å². The molecule has 0 aliphatic heterocycles. The second-order valence-electron chi connectivity index (χ2n) is 6.99. The number of hydrogen-bond donors (Lipinski definition) is 1. The van der Waals surface area contributed by atoms with Crippen molar-refractivity contribution in [3.05, 3.63) is 35.4 Å². The van der Waals surface area contributed by atoms with Crippen molar-refractivity contribution < 1.29 is 14.3 Å². The average Bonchev–Trinajstić information content (AvgIpc) is 2.45. The van der Waals surface area contributed by atoms with E-state index in [0.29, 0.717) is 11.5 Å². The molecule has 0 radical (unpaired) electrons. The molecule has 4 nitrogen and oxygen atoms in total. The summed E-state index contributed by atoms with van der Waals surface area (Å²) in [7, 11) is 0. The molecule has 0 saturated heterocycles. The number of ether oxygens (including phenoxy) is 1. The molecule has 1 aromatic rings. The van der Waals surface area contributed by atoms with Crippen LogP contribution in [-0.4, -0.2) is 24.0 Å². The van der Waals surface area contributed by atoms with Crippen LogP contribution in [0.5, 0.6) is 0 Å². The maximum Gasteiger partial charge on any atom is 0.407 e. The molecule has 0 aromatic heterocycles. The Bertz CT molecular complexity index is 533. The smallest absolute Gasteiger partial charge is 0.407 e. The van der Waals surface area contributed by atoms with Crippen molar-refractivity contribution in [2.45, 2.75) is 64.0 Å². The van der Waals surface area contributed by atoms with Gasteiger partial charge in [0.05, 0.1) is 0 Å². The van der Waals surface area contributed by atoms with E-state index in [4.69, 9.17) is 4.74 Å². The molecular formula is C18H25NO3. The number of nitrogens with one attached hydrogen (secondary N) is 1. The highest BCUT2D eigenvalue weighted by Gasteiger charge is 2.26. The van der Waals surface area contributed by atoms with Crippen LogP contribution in [0, 0.1) is 0 Å². The maximum atomic E-state index is 11.9. The number of alkyl carbamates (subject to hydrolysis) is 1. The summed E-state index contributed by atoms with van der Waals surface area (Å²) in [5.41, 5.74) is 1.41. The van der Waals surface area contributed by atoms with Gasteiger partial charge in [-0.15, -0.1) is 0 Å². The monoisotopic (exact) mass is 303 g/mol. The molecule has 1 aliphatic carbocycles. The van der Waals surface area contributed by atoms with Crippen LogP contribution in [-0.2, 0) is 4.74 Å². The van der Waals surface area contributed by atoms with Crippen LogP contribution >= 0.6 is 0 Å². The Morgan fingerprint density at radius 1 is 1.32 bits per heavy atom. The lowest BCUT2D eigenvalue weighted by atomic mass is 9.81. The van der Waals surface area contributed by atoms with Crippen LogP contribution in [0.2, 0.25) is 0 Å². The van der Waals surface area contributed by atoms with Gasteiger partial charge < -0.3 is 10.1 Å². The van der Waals surface area contributed by atoms with Gasteiger partial charge >= 0.3 is 6.09 Å². The zero-order chi connectivity index (χ0) is 16.2. The quantitative estimate of drug-likeness (QED) is 0.857. The fraction of sp³-hybridized carbons (Fsp3) is 0.556. The average molecular weight is 303 g/mol. The summed E-state index contributed by atoms with van der Waals surface area (Å²) in [4.78, 5) is 22.8. The summed E-state index contributed by atoms with van der Waals surface area (Å²) in [5.74, 6) is 0.383. The first-order valence-electron chi connectivity index (χ1n) is 7.92.